The molecule has 0 saturated heterocycles. The molecule has 0 fully saturated rings. The maximum atomic E-state index is 12.6. The number of hydrogen-bond acceptors (Lipinski definition) is 3. The third-order valence-corrected chi connectivity index (χ3v) is 2.58. The highest BCUT2D eigenvalue weighted by atomic mass is 35.5. The predicted octanol–water partition coefficient (Wildman–Crippen LogP) is 2.75. The largest absolute Gasteiger partial charge is 0.416 e. The van der Waals surface area contributed by atoms with Crippen LogP contribution < -0.4 is 4.90 Å². The fourth-order valence-corrected chi connectivity index (χ4v) is 1.51. The van der Waals surface area contributed by atoms with Crippen LogP contribution in [0.2, 0.25) is 5.15 Å². The van der Waals surface area contributed by atoms with Gasteiger partial charge in [-0.1, -0.05) is 11.6 Å². The number of nitrogens with zero attached hydrogens (tertiary/aromatic N) is 3. The van der Waals surface area contributed by atoms with Crippen molar-refractivity contribution in [2.75, 3.05) is 39.1 Å². The van der Waals surface area contributed by atoms with E-state index in [-0.39, 0.29) is 11.0 Å². The Hall–Kier alpha value is -1.01. The summed E-state index contributed by atoms with van der Waals surface area (Å²) in [6, 6.07) is 1.83. The van der Waals surface area contributed by atoms with Gasteiger partial charge in [0.25, 0.3) is 0 Å². The number of rotatable bonds is 4. The van der Waals surface area contributed by atoms with Gasteiger partial charge in [0.2, 0.25) is 0 Å². The Balaban J connectivity index is 2.92. The first-order valence-electron chi connectivity index (χ1n) is 5.31. The van der Waals surface area contributed by atoms with Crippen LogP contribution in [0.25, 0.3) is 0 Å². The molecule has 1 aromatic heterocycles. The number of alkyl halides is 3. The first-order valence-corrected chi connectivity index (χ1v) is 5.68. The van der Waals surface area contributed by atoms with Crippen molar-refractivity contribution in [3.63, 3.8) is 0 Å². The molecule has 0 aliphatic carbocycles. The number of halogens is 4. The smallest absolute Gasteiger partial charge is 0.358 e. The minimum atomic E-state index is -4.41. The molecule has 0 atom stereocenters. The Bertz CT molecular complexity index is 407. The third-order valence-electron chi connectivity index (χ3n) is 2.38. The zero-order valence-corrected chi connectivity index (χ0v) is 11.2. The van der Waals surface area contributed by atoms with E-state index in [1.165, 1.54) is 0 Å². The Morgan fingerprint density at radius 1 is 1.17 bits per heavy atom. The zero-order chi connectivity index (χ0) is 13.9. The fourth-order valence-electron chi connectivity index (χ4n) is 1.31. The molecule has 0 unspecified atom stereocenters. The Morgan fingerprint density at radius 2 is 1.78 bits per heavy atom. The van der Waals surface area contributed by atoms with Crippen molar-refractivity contribution >= 4 is 17.4 Å². The van der Waals surface area contributed by atoms with Crippen LogP contribution in [0.15, 0.2) is 12.1 Å². The summed E-state index contributed by atoms with van der Waals surface area (Å²) < 4.78 is 37.8. The molecule has 0 spiro atoms. The molecule has 0 aliphatic heterocycles. The summed E-state index contributed by atoms with van der Waals surface area (Å²) in [7, 11) is 5.46. The van der Waals surface area contributed by atoms with Crippen molar-refractivity contribution in [2.45, 2.75) is 6.18 Å². The number of pyridine rings is 1. The van der Waals surface area contributed by atoms with E-state index in [9.17, 15) is 13.2 Å². The molecule has 1 heterocycles. The maximum Gasteiger partial charge on any atom is 0.416 e. The molecule has 1 aromatic rings. The number of hydrogen-bond donors (Lipinski definition) is 0. The van der Waals surface area contributed by atoms with Crippen LogP contribution >= 0.6 is 11.6 Å². The highest BCUT2D eigenvalue weighted by Gasteiger charge is 2.31. The van der Waals surface area contributed by atoms with E-state index in [1.54, 1.807) is 11.9 Å². The van der Waals surface area contributed by atoms with Crippen molar-refractivity contribution in [1.29, 1.82) is 0 Å². The molecule has 0 amide bonds. The molecular formula is C11H15ClF3N3. The van der Waals surface area contributed by atoms with Gasteiger partial charge < -0.3 is 9.80 Å². The van der Waals surface area contributed by atoms with Crippen molar-refractivity contribution in [3.8, 4) is 0 Å². The monoisotopic (exact) mass is 281 g/mol. The highest BCUT2D eigenvalue weighted by molar-refractivity contribution is 6.29. The van der Waals surface area contributed by atoms with Gasteiger partial charge >= 0.3 is 6.18 Å². The summed E-state index contributed by atoms with van der Waals surface area (Å²) >= 11 is 5.61. The molecule has 0 bridgehead atoms. The van der Waals surface area contributed by atoms with Crippen LogP contribution in [0.3, 0.4) is 0 Å². The van der Waals surface area contributed by atoms with Gasteiger partial charge in [0.1, 0.15) is 11.0 Å². The second-order valence-electron chi connectivity index (χ2n) is 4.26. The van der Waals surface area contributed by atoms with Crippen LogP contribution in [0.4, 0.5) is 19.0 Å². The van der Waals surface area contributed by atoms with E-state index in [2.05, 4.69) is 4.98 Å². The lowest BCUT2D eigenvalue weighted by Gasteiger charge is -2.21. The molecule has 3 nitrogen and oxygen atoms in total. The van der Waals surface area contributed by atoms with Crippen LogP contribution in [0, 0.1) is 0 Å². The van der Waals surface area contributed by atoms with E-state index in [1.807, 2.05) is 19.0 Å². The van der Waals surface area contributed by atoms with Crippen LogP contribution in [-0.2, 0) is 6.18 Å². The fraction of sp³-hybridized carbons (Fsp3) is 0.545. The van der Waals surface area contributed by atoms with Crippen molar-refractivity contribution in [1.82, 2.24) is 9.88 Å². The topological polar surface area (TPSA) is 19.4 Å². The summed E-state index contributed by atoms with van der Waals surface area (Å²) in [5.74, 6) is 0.219. The number of likely N-dealkylation sites (N-methyl/N-ethyl adjacent to an activating group) is 2. The quantitative estimate of drug-likeness (QED) is 0.791. The van der Waals surface area contributed by atoms with E-state index >= 15 is 0 Å². The van der Waals surface area contributed by atoms with Crippen LogP contribution in [0.1, 0.15) is 5.56 Å². The predicted molar refractivity (Wildman–Crippen MR) is 66.1 cm³/mol. The molecule has 0 saturated carbocycles. The standard InChI is InChI=1S/C11H15ClF3N3/c1-17(2)4-5-18(3)10-7-8(11(13,14)15)6-9(12)16-10/h6-7H,4-5H2,1-3H3. The van der Waals surface area contributed by atoms with Gasteiger partial charge in [0.05, 0.1) is 5.56 Å². The van der Waals surface area contributed by atoms with Gasteiger partial charge in [-0.15, -0.1) is 0 Å². The lowest BCUT2D eigenvalue weighted by Crippen LogP contribution is -2.29. The lowest BCUT2D eigenvalue weighted by atomic mass is 10.2. The Kier molecular flexibility index (Phi) is 4.81. The molecule has 18 heavy (non-hydrogen) atoms. The first kappa shape index (κ1) is 15.0. The molecule has 0 aliphatic rings. The maximum absolute atomic E-state index is 12.6. The Labute approximate surface area is 109 Å². The Morgan fingerprint density at radius 3 is 2.28 bits per heavy atom. The summed E-state index contributed by atoms with van der Waals surface area (Å²) in [5, 5.41) is -0.156. The van der Waals surface area contributed by atoms with Gasteiger partial charge in [0, 0.05) is 20.1 Å². The summed E-state index contributed by atoms with van der Waals surface area (Å²) in [5.41, 5.74) is -0.783. The normalized spacial score (nSPS) is 12.0. The first-order chi connectivity index (χ1) is 8.20. The van der Waals surface area contributed by atoms with Gasteiger partial charge in [-0.3, -0.25) is 0 Å². The van der Waals surface area contributed by atoms with Crippen LogP contribution in [-0.4, -0.2) is 44.1 Å². The van der Waals surface area contributed by atoms with E-state index < -0.39 is 11.7 Å². The van der Waals surface area contributed by atoms with Gasteiger partial charge in [-0.05, 0) is 26.2 Å². The van der Waals surface area contributed by atoms with Crippen molar-refractivity contribution < 1.29 is 13.2 Å². The molecule has 0 N–H and O–H groups in total. The minimum Gasteiger partial charge on any atom is -0.358 e. The number of anilines is 1. The third kappa shape index (κ3) is 4.34. The van der Waals surface area contributed by atoms with Gasteiger partial charge in [-0.2, -0.15) is 13.2 Å². The SMILES string of the molecule is CN(C)CCN(C)c1cc(C(F)(F)F)cc(Cl)n1. The van der Waals surface area contributed by atoms with Crippen molar-refractivity contribution in [2.24, 2.45) is 0 Å². The molecule has 1 rings (SSSR count). The second kappa shape index (κ2) is 5.75. The molecule has 7 heteroatoms. The van der Waals surface area contributed by atoms with E-state index in [4.69, 9.17) is 11.6 Å². The average molecular weight is 282 g/mol. The van der Waals surface area contributed by atoms with Crippen LogP contribution in [0.5, 0.6) is 0 Å². The van der Waals surface area contributed by atoms with E-state index in [0.29, 0.717) is 13.1 Å². The van der Waals surface area contributed by atoms with E-state index in [0.717, 1.165) is 12.1 Å². The van der Waals surface area contributed by atoms with Crippen molar-refractivity contribution in [3.05, 3.63) is 22.8 Å². The molecule has 102 valence electrons. The molecule has 0 aromatic carbocycles. The second-order valence-corrected chi connectivity index (χ2v) is 4.65. The average Bonchev–Trinajstić information content (AvgIpc) is 2.23. The number of aromatic nitrogens is 1. The van der Waals surface area contributed by atoms with Gasteiger partial charge in [0.15, 0.2) is 0 Å². The zero-order valence-electron chi connectivity index (χ0n) is 10.4. The highest BCUT2D eigenvalue weighted by Crippen LogP contribution is 2.32. The molecule has 0 radical (unpaired) electrons. The molecular weight excluding hydrogens is 267 g/mol. The van der Waals surface area contributed by atoms with Gasteiger partial charge in [-0.25, -0.2) is 4.98 Å². The minimum absolute atomic E-state index is 0.156. The summed E-state index contributed by atoms with van der Waals surface area (Å²) in [4.78, 5) is 7.47. The summed E-state index contributed by atoms with van der Waals surface area (Å²) in [6.07, 6.45) is -4.41. The lowest BCUT2D eigenvalue weighted by molar-refractivity contribution is -0.137. The summed E-state index contributed by atoms with van der Waals surface area (Å²) in [6.45, 7) is 1.28.